The molecule has 10 heteroatoms. The summed E-state index contributed by atoms with van der Waals surface area (Å²) in [5.41, 5.74) is 3.20. The Morgan fingerprint density at radius 3 is 1.10 bits per heavy atom. The average Bonchev–Trinajstić information content (AvgIpc) is 3.85. The predicted molar refractivity (Wildman–Crippen MR) is 243 cm³/mol. The van der Waals surface area contributed by atoms with Gasteiger partial charge in [-0.3, -0.25) is 9.59 Å². The van der Waals surface area contributed by atoms with Crippen molar-refractivity contribution in [2.45, 2.75) is 61.8 Å². The van der Waals surface area contributed by atoms with Crippen LogP contribution in [0, 0.1) is 5.41 Å². The summed E-state index contributed by atoms with van der Waals surface area (Å²) in [7, 11) is 6.10. The smallest absolute Gasteiger partial charge is 0.239 e. The first-order valence-electron chi connectivity index (χ1n) is 21.3. The van der Waals surface area contributed by atoms with Gasteiger partial charge in [-0.05, 0) is 61.1 Å². The van der Waals surface area contributed by atoms with Crippen LogP contribution in [0.4, 0.5) is 0 Å². The lowest BCUT2D eigenvalue weighted by Gasteiger charge is -2.53. The highest BCUT2D eigenvalue weighted by Crippen LogP contribution is 2.52. The quantitative estimate of drug-likeness (QED) is 0.0740. The lowest BCUT2D eigenvalue weighted by Crippen LogP contribution is -2.67. The van der Waals surface area contributed by atoms with E-state index in [1.165, 1.54) is 28.4 Å². The predicted octanol–water partition coefficient (Wildman–Crippen LogP) is 7.99. The van der Waals surface area contributed by atoms with Gasteiger partial charge >= 0.3 is 0 Å². The standard InChI is InChI=1S/C53H56N2O8/c1-60-43-29-15-11-25-39(43)52(58,40-26-12-16-30-44(40)61-2)47(35-37-21-7-5-8-22-37)55(50(57)51(49(54)56)33-19-20-34-51)48(36-38-23-9-6-10-24-38)53(59,41-27-13-17-31-45(41)62-3)42-28-14-18-32-46(42)63-4/h5-18,21-32,47-48,58-59H,19-20,33-36H2,1-4H3,(H2,54,56). The van der Waals surface area contributed by atoms with E-state index in [4.69, 9.17) is 24.7 Å². The molecule has 0 bridgehead atoms. The molecule has 10 nitrogen and oxygen atoms in total. The van der Waals surface area contributed by atoms with Crippen LogP contribution in [0.1, 0.15) is 59.1 Å². The number of nitrogens with zero attached hydrogens (tertiary/aromatic N) is 1. The Balaban J connectivity index is 1.70. The number of carbonyl (C=O) groups excluding carboxylic acids is 2. The number of carbonyl (C=O) groups is 2. The minimum Gasteiger partial charge on any atom is -0.496 e. The van der Waals surface area contributed by atoms with Crippen LogP contribution in [0.3, 0.4) is 0 Å². The van der Waals surface area contributed by atoms with Crippen LogP contribution in [0.25, 0.3) is 0 Å². The van der Waals surface area contributed by atoms with Crippen molar-refractivity contribution in [3.8, 4) is 23.0 Å². The highest BCUT2D eigenvalue weighted by molar-refractivity contribution is 6.05. The highest BCUT2D eigenvalue weighted by Gasteiger charge is 2.60. The van der Waals surface area contributed by atoms with Crippen LogP contribution in [0.15, 0.2) is 158 Å². The molecule has 1 fully saturated rings. The third-order valence-corrected chi connectivity index (χ3v) is 12.8. The zero-order valence-corrected chi connectivity index (χ0v) is 36.3. The molecule has 0 aromatic heterocycles. The molecular weight excluding hydrogens is 793 g/mol. The Hall–Kier alpha value is -6.62. The Labute approximate surface area is 369 Å². The first-order valence-corrected chi connectivity index (χ1v) is 21.3. The highest BCUT2D eigenvalue weighted by atomic mass is 16.5. The summed E-state index contributed by atoms with van der Waals surface area (Å²) in [6.07, 6.45) is 1.54. The molecule has 0 radical (unpaired) electrons. The molecular formula is C53H56N2O8. The molecule has 6 aromatic rings. The van der Waals surface area contributed by atoms with Crippen LogP contribution in [-0.2, 0) is 33.6 Å². The summed E-state index contributed by atoms with van der Waals surface area (Å²) in [4.78, 5) is 32.4. The number of nitrogens with two attached hydrogens (primary N) is 1. The first kappa shape index (κ1) is 44.4. The molecule has 0 saturated heterocycles. The van der Waals surface area contributed by atoms with Crippen LogP contribution in [-0.4, -0.2) is 67.5 Å². The maximum Gasteiger partial charge on any atom is 0.239 e. The molecule has 1 aliphatic carbocycles. The van der Waals surface area contributed by atoms with Crippen molar-refractivity contribution in [2.24, 2.45) is 11.1 Å². The van der Waals surface area contributed by atoms with E-state index in [2.05, 4.69) is 0 Å². The van der Waals surface area contributed by atoms with E-state index < -0.39 is 40.5 Å². The third kappa shape index (κ3) is 8.24. The second-order valence-electron chi connectivity index (χ2n) is 16.1. The molecule has 326 valence electrons. The van der Waals surface area contributed by atoms with Gasteiger partial charge in [-0.1, -0.05) is 146 Å². The number of aliphatic hydroxyl groups is 2. The van der Waals surface area contributed by atoms with Crippen molar-refractivity contribution >= 4 is 11.8 Å². The molecule has 0 aliphatic heterocycles. The number of ether oxygens (including phenoxy) is 4. The van der Waals surface area contributed by atoms with Gasteiger partial charge in [-0.15, -0.1) is 0 Å². The Morgan fingerprint density at radius 2 is 0.810 bits per heavy atom. The number of rotatable bonds is 18. The second-order valence-corrected chi connectivity index (χ2v) is 16.1. The van der Waals surface area contributed by atoms with Crippen LogP contribution >= 0.6 is 0 Å². The third-order valence-electron chi connectivity index (χ3n) is 12.8. The van der Waals surface area contributed by atoms with Crippen LogP contribution < -0.4 is 24.7 Å². The molecule has 4 N–H and O–H groups in total. The van der Waals surface area contributed by atoms with E-state index in [9.17, 15) is 15.0 Å². The van der Waals surface area contributed by atoms with Crippen molar-refractivity contribution in [1.82, 2.24) is 4.90 Å². The van der Waals surface area contributed by atoms with E-state index in [0.717, 1.165) is 11.1 Å². The fraction of sp³-hybridized carbons (Fsp3) is 0.283. The summed E-state index contributed by atoms with van der Waals surface area (Å²) in [6, 6.07) is 45.0. The summed E-state index contributed by atoms with van der Waals surface area (Å²) in [6.45, 7) is 0. The van der Waals surface area contributed by atoms with Gasteiger partial charge in [-0.2, -0.15) is 0 Å². The number of para-hydroxylation sites is 4. The zero-order valence-electron chi connectivity index (χ0n) is 36.3. The fourth-order valence-electron chi connectivity index (χ4n) is 9.71. The van der Waals surface area contributed by atoms with Crippen molar-refractivity contribution in [1.29, 1.82) is 0 Å². The van der Waals surface area contributed by atoms with Crippen LogP contribution in [0.5, 0.6) is 23.0 Å². The molecule has 7 rings (SSSR count). The summed E-state index contributed by atoms with van der Waals surface area (Å²) >= 11 is 0. The normalized spacial score (nSPS) is 14.6. The van der Waals surface area contributed by atoms with E-state index >= 15 is 4.79 Å². The second kappa shape index (κ2) is 19.2. The van der Waals surface area contributed by atoms with Gasteiger partial charge in [0.2, 0.25) is 11.8 Å². The summed E-state index contributed by atoms with van der Waals surface area (Å²) in [5, 5.41) is 29.0. The van der Waals surface area contributed by atoms with Gasteiger partial charge < -0.3 is 39.8 Å². The van der Waals surface area contributed by atoms with Crippen LogP contribution in [0.2, 0.25) is 0 Å². The fourth-order valence-corrected chi connectivity index (χ4v) is 9.71. The molecule has 63 heavy (non-hydrogen) atoms. The number of hydrogen-bond donors (Lipinski definition) is 3. The Kier molecular flexibility index (Phi) is 13.5. The molecule has 2 amide bonds. The van der Waals surface area contributed by atoms with Crippen molar-refractivity contribution in [3.63, 3.8) is 0 Å². The molecule has 0 heterocycles. The molecule has 6 aromatic carbocycles. The van der Waals surface area contributed by atoms with Gasteiger partial charge in [-0.25, -0.2) is 0 Å². The maximum absolute atomic E-state index is 16.7. The zero-order chi connectivity index (χ0) is 44.6. The van der Waals surface area contributed by atoms with Gasteiger partial charge in [0.25, 0.3) is 0 Å². The molecule has 0 spiro atoms. The Bertz CT molecular complexity index is 2240. The summed E-state index contributed by atoms with van der Waals surface area (Å²) < 4.78 is 24.2. The number of primary amides is 1. The topological polar surface area (TPSA) is 141 Å². The molecule has 1 aliphatic rings. The number of methoxy groups -OCH3 is 4. The molecule has 1 saturated carbocycles. The van der Waals surface area contributed by atoms with Gasteiger partial charge in [0, 0.05) is 22.3 Å². The van der Waals surface area contributed by atoms with E-state index in [-0.39, 0.29) is 25.7 Å². The van der Waals surface area contributed by atoms with Gasteiger partial charge in [0.1, 0.15) is 39.6 Å². The van der Waals surface area contributed by atoms with Gasteiger partial charge in [0.15, 0.2) is 0 Å². The number of amides is 2. The van der Waals surface area contributed by atoms with E-state index in [0.29, 0.717) is 58.1 Å². The van der Waals surface area contributed by atoms with Gasteiger partial charge in [0.05, 0.1) is 40.5 Å². The Morgan fingerprint density at radius 1 is 0.524 bits per heavy atom. The lowest BCUT2D eigenvalue weighted by molar-refractivity contribution is -0.167. The minimum absolute atomic E-state index is 0.0211. The van der Waals surface area contributed by atoms with Crippen molar-refractivity contribution in [3.05, 3.63) is 191 Å². The molecule has 2 unspecified atom stereocenters. The summed E-state index contributed by atoms with van der Waals surface area (Å²) in [5.74, 6) is -0.0429. The SMILES string of the molecule is COc1ccccc1C(O)(c1ccccc1OC)C(Cc1ccccc1)N(C(=O)C1(C(N)=O)CCCC1)C(Cc1ccccc1)C(O)(c1ccccc1OC)c1ccccc1OC. The number of benzene rings is 6. The van der Waals surface area contributed by atoms with Crippen molar-refractivity contribution < 1.29 is 38.7 Å². The van der Waals surface area contributed by atoms with E-state index in [1.807, 2.05) is 60.7 Å². The van der Waals surface area contributed by atoms with Crippen molar-refractivity contribution in [2.75, 3.05) is 28.4 Å². The lowest BCUT2D eigenvalue weighted by atomic mass is 9.70. The largest absolute Gasteiger partial charge is 0.496 e. The number of hydrogen-bond acceptors (Lipinski definition) is 8. The minimum atomic E-state index is -2.18. The first-order chi connectivity index (χ1) is 30.6. The van der Waals surface area contributed by atoms with E-state index in [1.54, 1.807) is 102 Å². The molecule has 2 atom stereocenters. The monoisotopic (exact) mass is 848 g/mol. The average molecular weight is 849 g/mol. The maximum atomic E-state index is 16.7.